The van der Waals surface area contributed by atoms with Crippen LogP contribution in [-0.4, -0.2) is 18.0 Å². The summed E-state index contributed by atoms with van der Waals surface area (Å²) in [6.45, 7) is 2.24. The second-order valence-corrected chi connectivity index (χ2v) is 7.49. The van der Waals surface area contributed by atoms with Gasteiger partial charge in [-0.2, -0.15) is 0 Å². The molecule has 2 N–H and O–H groups in total. The molecule has 0 amide bonds. The van der Waals surface area contributed by atoms with Crippen molar-refractivity contribution in [1.82, 2.24) is 0 Å². The number of benzene rings is 2. The van der Waals surface area contributed by atoms with Gasteiger partial charge in [-0.05, 0) is 6.42 Å². The second-order valence-electron chi connectivity index (χ2n) is 7.49. The lowest BCUT2D eigenvalue weighted by Crippen LogP contribution is -3.11. The first-order chi connectivity index (χ1) is 12.8. The Morgan fingerprint density at radius 3 is 2.15 bits per heavy atom. The minimum absolute atomic E-state index is 0.300. The molecule has 2 aromatic carbocycles. The molecule has 0 bridgehead atoms. The first kappa shape index (κ1) is 18.7. The zero-order valence-corrected chi connectivity index (χ0v) is 15.9. The average molecular weight is 352 g/mol. The lowest BCUT2D eigenvalue weighted by atomic mass is 9.76. The van der Waals surface area contributed by atoms with Crippen LogP contribution in [0.3, 0.4) is 0 Å². The molecule has 0 aliphatic carbocycles. The molecule has 3 rings (SSSR count). The van der Waals surface area contributed by atoms with Crippen molar-refractivity contribution in [3.05, 3.63) is 71.8 Å². The van der Waals surface area contributed by atoms with Crippen LogP contribution in [0, 0.1) is 5.92 Å². The maximum absolute atomic E-state index is 9.81. The summed E-state index contributed by atoms with van der Waals surface area (Å²) >= 11 is 0. The summed E-state index contributed by atoms with van der Waals surface area (Å²) < 4.78 is 0. The van der Waals surface area contributed by atoms with Crippen molar-refractivity contribution in [2.24, 2.45) is 11.1 Å². The van der Waals surface area contributed by atoms with Gasteiger partial charge in [0.1, 0.15) is 12.1 Å². The number of hydrogen-bond donors (Lipinski definition) is 2. The molecule has 3 nitrogen and oxygen atoms in total. The van der Waals surface area contributed by atoms with Crippen LogP contribution in [0.1, 0.15) is 62.2 Å². The number of nitrogens with one attached hydrogen (secondary N) is 1. The van der Waals surface area contributed by atoms with Crippen molar-refractivity contribution >= 4 is 5.71 Å². The molecule has 0 spiro atoms. The summed E-state index contributed by atoms with van der Waals surface area (Å²) in [5, 5.41) is 13.6. The first-order valence-electron chi connectivity index (χ1n) is 9.90. The van der Waals surface area contributed by atoms with E-state index >= 15 is 0 Å². The molecular formula is C23H31N2O+. The van der Waals surface area contributed by atoms with Crippen molar-refractivity contribution in [2.75, 3.05) is 7.05 Å². The molecule has 1 aliphatic heterocycles. The Kier molecular flexibility index (Phi) is 6.45. The van der Waals surface area contributed by atoms with Crippen molar-refractivity contribution in [2.45, 2.75) is 51.1 Å². The molecule has 1 fully saturated rings. The van der Waals surface area contributed by atoms with E-state index in [1.807, 2.05) is 0 Å². The molecule has 4 atom stereocenters. The van der Waals surface area contributed by atoms with Crippen molar-refractivity contribution in [3.63, 3.8) is 0 Å². The zero-order valence-electron chi connectivity index (χ0n) is 15.9. The standard InChI is InChI=1S/C23H30N2O/c1-3-4-7-16-20-21(24-26)17-22(18-12-8-5-9-13-18)25(2)23(20)19-14-10-6-11-15-19/h5-6,8-15,20,22-23,26H,3-4,7,16-17H2,1-2H3/p+1/b24-21-/t20-,22+,23-/m1/s1. The maximum atomic E-state index is 9.81. The Balaban J connectivity index is 1.97. The van der Waals surface area contributed by atoms with Gasteiger partial charge in [-0.3, -0.25) is 0 Å². The third kappa shape index (κ3) is 3.99. The van der Waals surface area contributed by atoms with Gasteiger partial charge in [0.2, 0.25) is 0 Å². The Hall–Kier alpha value is -2.13. The number of likely N-dealkylation sites (tertiary alicyclic amines) is 1. The highest BCUT2D eigenvalue weighted by Crippen LogP contribution is 2.34. The molecule has 1 aliphatic rings. The van der Waals surface area contributed by atoms with Crippen LogP contribution in [0.5, 0.6) is 0 Å². The minimum atomic E-state index is 0.300. The van der Waals surface area contributed by atoms with Crippen LogP contribution in [0.2, 0.25) is 0 Å². The minimum Gasteiger partial charge on any atom is -0.411 e. The van der Waals surface area contributed by atoms with E-state index in [0.717, 1.165) is 18.6 Å². The second kappa shape index (κ2) is 9.00. The van der Waals surface area contributed by atoms with Gasteiger partial charge >= 0.3 is 0 Å². The first-order valence-corrected chi connectivity index (χ1v) is 9.90. The van der Waals surface area contributed by atoms with Gasteiger partial charge in [-0.1, -0.05) is 92.0 Å². The van der Waals surface area contributed by atoms with Crippen molar-refractivity contribution < 1.29 is 10.1 Å². The summed E-state index contributed by atoms with van der Waals surface area (Å²) in [6, 6.07) is 22.0. The number of piperidine rings is 1. The third-order valence-corrected chi connectivity index (χ3v) is 5.89. The van der Waals surface area contributed by atoms with E-state index < -0.39 is 0 Å². The summed E-state index contributed by atoms with van der Waals surface area (Å²) in [6.07, 6.45) is 5.55. The highest BCUT2D eigenvalue weighted by Gasteiger charge is 2.44. The number of oxime groups is 1. The monoisotopic (exact) mass is 351 g/mol. The molecule has 3 heteroatoms. The molecule has 1 unspecified atom stereocenters. The fourth-order valence-corrected chi connectivity index (χ4v) is 4.53. The van der Waals surface area contributed by atoms with Gasteiger partial charge < -0.3 is 10.1 Å². The molecule has 0 radical (unpaired) electrons. The van der Waals surface area contributed by atoms with Crippen LogP contribution < -0.4 is 4.90 Å². The lowest BCUT2D eigenvalue weighted by Gasteiger charge is -2.42. The highest BCUT2D eigenvalue weighted by atomic mass is 16.4. The third-order valence-electron chi connectivity index (χ3n) is 5.89. The number of quaternary nitrogens is 1. The number of nitrogens with zero attached hydrogens (tertiary/aromatic N) is 1. The van der Waals surface area contributed by atoms with Gasteiger partial charge in [0.05, 0.1) is 18.7 Å². The van der Waals surface area contributed by atoms with Crippen molar-refractivity contribution in [3.8, 4) is 0 Å². The Bertz CT molecular complexity index is 699. The van der Waals surface area contributed by atoms with E-state index in [1.165, 1.54) is 35.3 Å². The average Bonchev–Trinajstić information content (AvgIpc) is 2.70. The van der Waals surface area contributed by atoms with Crippen LogP contribution in [-0.2, 0) is 0 Å². The van der Waals surface area contributed by atoms with E-state index in [4.69, 9.17) is 0 Å². The predicted octanol–water partition coefficient (Wildman–Crippen LogP) is 4.41. The predicted molar refractivity (Wildman–Crippen MR) is 107 cm³/mol. The Morgan fingerprint density at radius 2 is 1.58 bits per heavy atom. The van der Waals surface area contributed by atoms with Crippen LogP contribution in [0.25, 0.3) is 0 Å². The summed E-state index contributed by atoms with van der Waals surface area (Å²) in [7, 11) is 2.30. The summed E-state index contributed by atoms with van der Waals surface area (Å²) in [5.41, 5.74) is 3.63. The summed E-state index contributed by atoms with van der Waals surface area (Å²) in [4.78, 5) is 1.50. The van der Waals surface area contributed by atoms with E-state index in [-0.39, 0.29) is 0 Å². The highest BCUT2D eigenvalue weighted by molar-refractivity contribution is 5.88. The molecule has 0 aromatic heterocycles. The van der Waals surface area contributed by atoms with Gasteiger partial charge in [0.25, 0.3) is 0 Å². The van der Waals surface area contributed by atoms with Gasteiger partial charge in [0, 0.05) is 17.5 Å². The topological polar surface area (TPSA) is 37.0 Å². The fraction of sp³-hybridized carbons (Fsp3) is 0.435. The quantitative estimate of drug-likeness (QED) is 0.451. The molecule has 1 heterocycles. The molecule has 0 saturated carbocycles. The Morgan fingerprint density at radius 1 is 0.962 bits per heavy atom. The van der Waals surface area contributed by atoms with E-state index in [9.17, 15) is 5.21 Å². The van der Waals surface area contributed by atoms with Crippen LogP contribution >= 0.6 is 0 Å². The zero-order chi connectivity index (χ0) is 18.4. The SMILES string of the molecule is CCCCC[C@@H]1/C(=N\O)C[C@@H](c2ccccc2)[NH+](C)[C@@H]1c1ccccc1. The maximum Gasteiger partial charge on any atom is 0.122 e. The largest absolute Gasteiger partial charge is 0.411 e. The van der Waals surface area contributed by atoms with Crippen LogP contribution in [0.15, 0.2) is 65.8 Å². The normalized spacial score (nSPS) is 27.5. The molecule has 2 aromatic rings. The lowest BCUT2D eigenvalue weighted by molar-refractivity contribution is -0.949. The van der Waals surface area contributed by atoms with Crippen molar-refractivity contribution in [1.29, 1.82) is 0 Å². The van der Waals surface area contributed by atoms with E-state index in [1.54, 1.807) is 0 Å². The number of unbranched alkanes of at least 4 members (excludes halogenated alkanes) is 2. The van der Waals surface area contributed by atoms with Gasteiger partial charge in [-0.15, -0.1) is 0 Å². The molecule has 1 saturated heterocycles. The molecular weight excluding hydrogens is 320 g/mol. The van der Waals surface area contributed by atoms with E-state index in [0.29, 0.717) is 18.0 Å². The summed E-state index contributed by atoms with van der Waals surface area (Å²) in [5.74, 6) is 0.300. The van der Waals surface area contributed by atoms with Gasteiger partial charge in [-0.25, -0.2) is 0 Å². The number of hydrogen-bond acceptors (Lipinski definition) is 2. The molecule has 138 valence electrons. The Labute approximate surface area is 157 Å². The van der Waals surface area contributed by atoms with E-state index in [2.05, 4.69) is 79.8 Å². The van der Waals surface area contributed by atoms with Crippen LogP contribution in [0.4, 0.5) is 0 Å². The van der Waals surface area contributed by atoms with Gasteiger partial charge in [0.15, 0.2) is 0 Å². The smallest absolute Gasteiger partial charge is 0.122 e. The fourth-order valence-electron chi connectivity index (χ4n) is 4.53. The molecule has 26 heavy (non-hydrogen) atoms. The number of rotatable bonds is 6.